The first-order chi connectivity index (χ1) is 16.6. The molecule has 2 amide bonds. The molecule has 9 nitrogen and oxygen atoms in total. The molecule has 0 spiro atoms. The topological polar surface area (TPSA) is 118 Å². The van der Waals surface area contributed by atoms with Crippen LogP contribution in [-0.4, -0.2) is 53.6 Å². The van der Waals surface area contributed by atoms with E-state index in [4.69, 9.17) is 9.47 Å². The minimum absolute atomic E-state index is 0.00709. The summed E-state index contributed by atoms with van der Waals surface area (Å²) in [7, 11) is 1.58. The van der Waals surface area contributed by atoms with E-state index < -0.39 is 0 Å². The molecule has 0 bridgehead atoms. The summed E-state index contributed by atoms with van der Waals surface area (Å²) in [5, 5.41) is 5.69. The number of pyridine rings is 2. The van der Waals surface area contributed by atoms with E-state index in [0.717, 1.165) is 58.5 Å². The van der Waals surface area contributed by atoms with Crippen LogP contribution in [0, 0.1) is 0 Å². The molecule has 9 heteroatoms. The smallest absolute Gasteiger partial charge is 0.253 e. The molecule has 3 aromatic heterocycles. The van der Waals surface area contributed by atoms with Gasteiger partial charge in [-0.2, -0.15) is 0 Å². The fourth-order valence-corrected chi connectivity index (χ4v) is 4.46. The van der Waals surface area contributed by atoms with Crippen molar-refractivity contribution in [2.45, 2.75) is 19.3 Å². The van der Waals surface area contributed by atoms with Gasteiger partial charge in [-0.3, -0.25) is 14.6 Å². The number of rotatable bonds is 7. The largest absolute Gasteiger partial charge is 0.474 e. The fourth-order valence-electron chi connectivity index (χ4n) is 4.46. The molecule has 0 saturated heterocycles. The second-order valence-corrected chi connectivity index (χ2v) is 8.18. The molecule has 3 aromatic rings. The Morgan fingerprint density at radius 2 is 2.09 bits per heavy atom. The lowest BCUT2D eigenvalue weighted by Crippen LogP contribution is -2.32. The van der Waals surface area contributed by atoms with E-state index in [1.807, 2.05) is 12.3 Å². The molecule has 4 heterocycles. The number of aromatic nitrogens is 3. The highest BCUT2D eigenvalue weighted by atomic mass is 16.5. The van der Waals surface area contributed by atoms with E-state index in [0.29, 0.717) is 37.0 Å². The van der Waals surface area contributed by atoms with Gasteiger partial charge >= 0.3 is 0 Å². The number of carbonyl (C=O) groups is 2. The van der Waals surface area contributed by atoms with Crippen LogP contribution >= 0.6 is 0 Å². The lowest BCUT2D eigenvalue weighted by molar-refractivity contribution is -0.111. The zero-order chi connectivity index (χ0) is 23.7. The Labute approximate surface area is 196 Å². The Morgan fingerprint density at radius 1 is 1.21 bits per heavy atom. The fraction of sp³-hybridized carbons (Fsp3) is 0.280. The molecule has 0 saturated carbocycles. The van der Waals surface area contributed by atoms with Crippen molar-refractivity contribution < 1.29 is 19.1 Å². The quantitative estimate of drug-likeness (QED) is 0.369. The molecular formula is C25H25N5O4. The monoisotopic (exact) mass is 459 g/mol. The van der Waals surface area contributed by atoms with Crippen LogP contribution < -0.4 is 15.4 Å². The van der Waals surface area contributed by atoms with Crippen molar-refractivity contribution in [3.63, 3.8) is 0 Å². The van der Waals surface area contributed by atoms with E-state index in [1.54, 1.807) is 19.4 Å². The van der Waals surface area contributed by atoms with Crippen molar-refractivity contribution in [3.8, 4) is 28.4 Å². The molecular weight excluding hydrogens is 434 g/mol. The van der Waals surface area contributed by atoms with Crippen molar-refractivity contribution >= 4 is 17.5 Å². The first-order valence-electron chi connectivity index (χ1n) is 11.2. The zero-order valence-corrected chi connectivity index (χ0v) is 18.9. The number of H-pyrrole nitrogens is 1. The minimum atomic E-state index is -0.367. The van der Waals surface area contributed by atoms with Crippen LogP contribution in [0.1, 0.15) is 27.2 Å². The molecule has 0 aromatic carbocycles. The number of hydrogen-bond acceptors (Lipinski definition) is 6. The van der Waals surface area contributed by atoms with E-state index in [9.17, 15) is 9.59 Å². The molecule has 0 atom stereocenters. The molecule has 174 valence electrons. The Bertz CT molecular complexity index is 1300. The lowest BCUT2D eigenvalue weighted by Gasteiger charge is -2.19. The van der Waals surface area contributed by atoms with Crippen molar-refractivity contribution in [1.82, 2.24) is 20.3 Å². The number of aromatic amines is 1. The minimum Gasteiger partial charge on any atom is -0.474 e. The number of ether oxygens (including phenoxy) is 2. The molecule has 0 radical (unpaired) electrons. The molecule has 2 aliphatic rings. The average Bonchev–Trinajstić information content (AvgIpc) is 3.25. The highest BCUT2D eigenvalue weighted by molar-refractivity contribution is 6.01. The maximum atomic E-state index is 12.5. The normalized spacial score (nSPS) is 13.9. The maximum Gasteiger partial charge on any atom is 0.253 e. The maximum absolute atomic E-state index is 12.5. The summed E-state index contributed by atoms with van der Waals surface area (Å²) < 4.78 is 10.7. The predicted molar refractivity (Wildman–Crippen MR) is 127 cm³/mol. The Hall–Kier alpha value is -3.98. The van der Waals surface area contributed by atoms with Gasteiger partial charge in [-0.25, -0.2) is 4.98 Å². The Kier molecular flexibility index (Phi) is 5.85. The third kappa shape index (κ3) is 3.94. The molecule has 1 aliphatic heterocycles. The lowest BCUT2D eigenvalue weighted by atomic mass is 9.88. The van der Waals surface area contributed by atoms with E-state index in [-0.39, 0.29) is 11.8 Å². The van der Waals surface area contributed by atoms with Gasteiger partial charge in [-0.05, 0) is 42.2 Å². The van der Waals surface area contributed by atoms with Crippen LogP contribution in [0.5, 0.6) is 5.88 Å². The summed E-state index contributed by atoms with van der Waals surface area (Å²) in [6, 6.07) is 3.79. The Morgan fingerprint density at radius 3 is 2.91 bits per heavy atom. The summed E-state index contributed by atoms with van der Waals surface area (Å²) in [6.45, 7) is 4.84. The van der Waals surface area contributed by atoms with Crippen molar-refractivity contribution in [2.24, 2.45) is 0 Å². The number of nitrogens with zero attached hydrogens (tertiary/aromatic N) is 2. The number of carbonyl (C=O) groups excluding carboxylic acids is 2. The molecule has 3 N–H and O–H groups in total. The van der Waals surface area contributed by atoms with Gasteiger partial charge in [-0.1, -0.05) is 6.58 Å². The van der Waals surface area contributed by atoms with Gasteiger partial charge < -0.3 is 25.1 Å². The van der Waals surface area contributed by atoms with E-state index in [2.05, 4.69) is 32.2 Å². The van der Waals surface area contributed by atoms with Crippen molar-refractivity contribution in [3.05, 3.63) is 59.6 Å². The number of anilines is 1. The highest BCUT2D eigenvalue weighted by Crippen LogP contribution is 2.39. The molecule has 34 heavy (non-hydrogen) atoms. The van der Waals surface area contributed by atoms with Gasteiger partial charge in [0.1, 0.15) is 12.3 Å². The van der Waals surface area contributed by atoms with Crippen LogP contribution in [0.4, 0.5) is 5.69 Å². The summed E-state index contributed by atoms with van der Waals surface area (Å²) in [6.07, 6.45) is 7.14. The van der Waals surface area contributed by atoms with Crippen LogP contribution in [-0.2, 0) is 28.8 Å². The first-order valence-corrected chi connectivity index (χ1v) is 11.2. The van der Waals surface area contributed by atoms with Gasteiger partial charge in [-0.15, -0.1) is 0 Å². The van der Waals surface area contributed by atoms with Gasteiger partial charge in [0.15, 0.2) is 0 Å². The number of fused-ring (bicyclic) bond motifs is 5. The third-order valence-electron chi connectivity index (χ3n) is 6.09. The summed E-state index contributed by atoms with van der Waals surface area (Å²) in [4.78, 5) is 37.0. The van der Waals surface area contributed by atoms with Crippen LogP contribution in [0.15, 0.2) is 37.2 Å². The molecule has 0 fully saturated rings. The van der Waals surface area contributed by atoms with Crippen LogP contribution in [0.3, 0.4) is 0 Å². The number of aryl methyl sites for hydroxylation is 1. The number of amides is 2. The predicted octanol–water partition coefficient (Wildman–Crippen LogP) is 2.67. The highest BCUT2D eigenvalue weighted by Gasteiger charge is 2.29. The van der Waals surface area contributed by atoms with E-state index >= 15 is 0 Å². The number of methoxy groups -OCH3 is 1. The number of nitrogens with one attached hydrogen (secondary N) is 3. The SMILES string of the molecule is C=CC(=O)Nc1cc(-c2cc3c(cn2)CCc2c-3[nH]c3c2C(=O)NCC3)cnc1OCCOC. The molecule has 0 unspecified atom stereocenters. The summed E-state index contributed by atoms with van der Waals surface area (Å²) in [5.41, 5.74) is 7.85. The second-order valence-electron chi connectivity index (χ2n) is 8.18. The van der Waals surface area contributed by atoms with Crippen LogP contribution in [0.25, 0.3) is 22.5 Å². The standard InChI is InChI=1S/C25H25N5O4/c1-3-21(31)29-20-10-15(13-28-25(20)34-9-8-33-2)19-11-17-14(12-27-19)4-5-16-22-18(30-23(16)17)6-7-26-24(22)32/h3,10-13,30H,1,4-9H2,2H3,(H,26,32)(H,29,31). The second kappa shape index (κ2) is 9.11. The number of hydrogen-bond donors (Lipinski definition) is 3. The van der Waals surface area contributed by atoms with E-state index in [1.165, 1.54) is 6.08 Å². The van der Waals surface area contributed by atoms with Crippen LogP contribution in [0.2, 0.25) is 0 Å². The van der Waals surface area contributed by atoms with Gasteiger partial charge in [0, 0.05) is 49.3 Å². The summed E-state index contributed by atoms with van der Waals surface area (Å²) in [5.74, 6) is -0.0829. The van der Waals surface area contributed by atoms with Crippen molar-refractivity contribution in [1.29, 1.82) is 0 Å². The third-order valence-corrected chi connectivity index (χ3v) is 6.09. The summed E-state index contributed by atoms with van der Waals surface area (Å²) >= 11 is 0. The van der Waals surface area contributed by atoms with Gasteiger partial charge in [0.25, 0.3) is 5.91 Å². The average molecular weight is 460 g/mol. The molecule has 1 aliphatic carbocycles. The zero-order valence-electron chi connectivity index (χ0n) is 18.9. The first kappa shape index (κ1) is 21.8. The van der Waals surface area contributed by atoms with Gasteiger partial charge in [0.05, 0.1) is 23.6 Å². The Balaban J connectivity index is 1.53. The van der Waals surface area contributed by atoms with Gasteiger partial charge in [0.2, 0.25) is 11.8 Å². The van der Waals surface area contributed by atoms with Crippen molar-refractivity contribution in [2.75, 3.05) is 32.2 Å². The molecule has 5 rings (SSSR count).